The Kier molecular flexibility index (Phi) is 5.77. The zero-order valence-electron chi connectivity index (χ0n) is 14.6. The van der Waals surface area contributed by atoms with Gasteiger partial charge in [0, 0.05) is 32.5 Å². The molecule has 0 aliphatic carbocycles. The van der Waals surface area contributed by atoms with Crippen LogP contribution in [0.5, 0.6) is 0 Å². The number of aromatic nitrogens is 2. The third-order valence-corrected chi connectivity index (χ3v) is 4.06. The predicted molar refractivity (Wildman–Crippen MR) is 94.4 cm³/mol. The smallest absolute Gasteiger partial charge is 0.221 e. The number of aryl methyl sites for hydroxylation is 3. The third kappa shape index (κ3) is 4.32. The Labute approximate surface area is 138 Å². The second-order valence-corrected chi connectivity index (χ2v) is 6.59. The van der Waals surface area contributed by atoms with E-state index in [0.29, 0.717) is 32.0 Å². The maximum absolute atomic E-state index is 11.9. The Bertz CT molecular complexity index is 688. The first kappa shape index (κ1) is 17.5. The van der Waals surface area contributed by atoms with Gasteiger partial charge in [0.05, 0.1) is 11.0 Å². The number of amides is 1. The van der Waals surface area contributed by atoms with Crippen molar-refractivity contribution in [3.05, 3.63) is 29.1 Å². The minimum atomic E-state index is 0.0385. The molecule has 0 saturated heterocycles. The van der Waals surface area contributed by atoms with Gasteiger partial charge in [-0.1, -0.05) is 13.8 Å². The number of carbonyl (C=O) groups excluding carboxylic acids is 1. The molecule has 2 rings (SSSR count). The molecule has 0 unspecified atom stereocenters. The molecule has 0 aliphatic rings. The van der Waals surface area contributed by atoms with E-state index in [0.717, 1.165) is 23.3 Å². The van der Waals surface area contributed by atoms with Crippen molar-refractivity contribution in [3.63, 3.8) is 0 Å². The van der Waals surface area contributed by atoms with Crippen LogP contribution < -0.4 is 11.1 Å². The largest absolute Gasteiger partial charge is 0.355 e. The van der Waals surface area contributed by atoms with Crippen LogP contribution in [-0.2, 0) is 17.8 Å². The van der Waals surface area contributed by atoms with Crippen LogP contribution in [0.25, 0.3) is 11.0 Å². The lowest BCUT2D eigenvalue weighted by Crippen LogP contribution is -2.29. The number of fused-ring (bicyclic) bond motifs is 1. The summed E-state index contributed by atoms with van der Waals surface area (Å²) in [4.78, 5) is 16.7. The van der Waals surface area contributed by atoms with Gasteiger partial charge in [-0.15, -0.1) is 0 Å². The van der Waals surface area contributed by atoms with Crippen molar-refractivity contribution < 1.29 is 4.79 Å². The summed E-state index contributed by atoms with van der Waals surface area (Å²) >= 11 is 0. The van der Waals surface area contributed by atoms with Crippen molar-refractivity contribution in [1.29, 1.82) is 0 Å². The first-order valence-electron chi connectivity index (χ1n) is 8.35. The van der Waals surface area contributed by atoms with Gasteiger partial charge in [-0.05, 0) is 43.0 Å². The average molecular weight is 316 g/mol. The molecule has 1 aromatic heterocycles. The average Bonchev–Trinajstić information content (AvgIpc) is 2.79. The van der Waals surface area contributed by atoms with Gasteiger partial charge in [0.1, 0.15) is 5.82 Å². The fraction of sp³-hybridized carbons (Fsp3) is 0.556. The number of hydrogen-bond acceptors (Lipinski definition) is 3. The van der Waals surface area contributed by atoms with Crippen LogP contribution in [0.2, 0.25) is 0 Å². The van der Waals surface area contributed by atoms with E-state index in [1.807, 2.05) is 0 Å². The molecule has 0 fully saturated rings. The van der Waals surface area contributed by atoms with Gasteiger partial charge >= 0.3 is 0 Å². The summed E-state index contributed by atoms with van der Waals surface area (Å²) in [6.45, 7) is 10.2. The zero-order valence-corrected chi connectivity index (χ0v) is 14.6. The molecule has 3 N–H and O–H groups in total. The van der Waals surface area contributed by atoms with Crippen molar-refractivity contribution in [2.24, 2.45) is 11.7 Å². The number of hydrogen-bond donors (Lipinski definition) is 2. The van der Waals surface area contributed by atoms with Crippen LogP contribution in [-0.4, -0.2) is 28.5 Å². The standard InChI is InChI=1S/C18H28N4O/c1-12(2)9-17-21-15-10-13(3)14(4)11-16(15)22(17)8-5-18(23)20-7-6-19/h10-12H,5-9,19H2,1-4H3,(H,20,23). The first-order chi connectivity index (χ1) is 10.9. The Morgan fingerprint density at radius 2 is 2.00 bits per heavy atom. The molecule has 0 aliphatic heterocycles. The molecule has 1 amide bonds. The van der Waals surface area contributed by atoms with Crippen LogP contribution in [0.1, 0.15) is 37.2 Å². The van der Waals surface area contributed by atoms with Crippen LogP contribution >= 0.6 is 0 Å². The van der Waals surface area contributed by atoms with Crippen molar-refractivity contribution in [1.82, 2.24) is 14.9 Å². The number of rotatable bonds is 7. The van der Waals surface area contributed by atoms with Gasteiger partial charge in [-0.25, -0.2) is 4.98 Å². The van der Waals surface area contributed by atoms with Crippen molar-refractivity contribution >= 4 is 16.9 Å². The molecule has 2 aromatic rings. The SMILES string of the molecule is Cc1cc2nc(CC(C)C)n(CCC(=O)NCCN)c2cc1C. The highest BCUT2D eigenvalue weighted by atomic mass is 16.1. The van der Waals surface area contributed by atoms with E-state index >= 15 is 0 Å². The maximum Gasteiger partial charge on any atom is 0.221 e. The summed E-state index contributed by atoms with van der Waals surface area (Å²) in [5, 5.41) is 2.83. The van der Waals surface area contributed by atoms with E-state index in [9.17, 15) is 4.79 Å². The van der Waals surface area contributed by atoms with Crippen molar-refractivity contribution in [2.75, 3.05) is 13.1 Å². The summed E-state index contributed by atoms with van der Waals surface area (Å²) in [6.07, 6.45) is 1.36. The van der Waals surface area contributed by atoms with E-state index in [4.69, 9.17) is 10.7 Å². The lowest BCUT2D eigenvalue weighted by atomic mass is 10.1. The molecule has 0 spiro atoms. The second kappa shape index (κ2) is 7.59. The molecule has 1 aromatic carbocycles. The van der Waals surface area contributed by atoms with Crippen LogP contribution in [0.15, 0.2) is 12.1 Å². The predicted octanol–water partition coefficient (Wildman–Crippen LogP) is 2.32. The lowest BCUT2D eigenvalue weighted by Gasteiger charge is -2.11. The van der Waals surface area contributed by atoms with E-state index < -0.39 is 0 Å². The highest BCUT2D eigenvalue weighted by molar-refractivity contribution is 5.79. The summed E-state index contributed by atoms with van der Waals surface area (Å²) in [7, 11) is 0. The number of benzene rings is 1. The summed E-state index contributed by atoms with van der Waals surface area (Å²) in [5.41, 5.74) is 10.1. The molecular formula is C18H28N4O. The van der Waals surface area contributed by atoms with Crippen LogP contribution in [0.3, 0.4) is 0 Å². The number of nitrogens with zero attached hydrogens (tertiary/aromatic N) is 2. The molecule has 5 nitrogen and oxygen atoms in total. The zero-order chi connectivity index (χ0) is 17.0. The molecule has 1 heterocycles. The quantitative estimate of drug-likeness (QED) is 0.823. The van der Waals surface area contributed by atoms with Crippen molar-refractivity contribution in [2.45, 2.75) is 47.1 Å². The molecule has 126 valence electrons. The van der Waals surface area contributed by atoms with Crippen LogP contribution in [0, 0.1) is 19.8 Å². The van der Waals surface area contributed by atoms with Gasteiger partial charge in [0.25, 0.3) is 0 Å². The summed E-state index contributed by atoms with van der Waals surface area (Å²) < 4.78 is 2.20. The van der Waals surface area contributed by atoms with Gasteiger partial charge in [-0.2, -0.15) is 0 Å². The summed E-state index contributed by atoms with van der Waals surface area (Å²) in [5.74, 6) is 1.63. The minimum absolute atomic E-state index is 0.0385. The van der Waals surface area contributed by atoms with E-state index in [2.05, 4.69) is 49.7 Å². The van der Waals surface area contributed by atoms with Gasteiger partial charge < -0.3 is 15.6 Å². The van der Waals surface area contributed by atoms with E-state index in [-0.39, 0.29) is 5.91 Å². The molecule has 0 radical (unpaired) electrons. The fourth-order valence-corrected chi connectivity index (χ4v) is 2.71. The first-order valence-corrected chi connectivity index (χ1v) is 8.35. The van der Waals surface area contributed by atoms with Gasteiger partial charge in [0.2, 0.25) is 5.91 Å². The third-order valence-electron chi connectivity index (χ3n) is 4.06. The summed E-state index contributed by atoms with van der Waals surface area (Å²) in [6, 6.07) is 4.32. The van der Waals surface area contributed by atoms with E-state index in [1.165, 1.54) is 11.1 Å². The molecular weight excluding hydrogens is 288 g/mol. The number of nitrogens with two attached hydrogens (primary N) is 1. The monoisotopic (exact) mass is 316 g/mol. The Morgan fingerprint density at radius 1 is 1.30 bits per heavy atom. The highest BCUT2D eigenvalue weighted by Gasteiger charge is 2.14. The topological polar surface area (TPSA) is 72.9 Å². The van der Waals surface area contributed by atoms with Crippen LogP contribution in [0.4, 0.5) is 0 Å². The van der Waals surface area contributed by atoms with Gasteiger partial charge in [0.15, 0.2) is 0 Å². The minimum Gasteiger partial charge on any atom is -0.355 e. The molecule has 0 atom stereocenters. The molecule has 0 bridgehead atoms. The molecule has 23 heavy (non-hydrogen) atoms. The van der Waals surface area contributed by atoms with E-state index in [1.54, 1.807) is 0 Å². The number of nitrogens with one attached hydrogen (secondary N) is 1. The Balaban J connectivity index is 2.30. The Hall–Kier alpha value is -1.88. The normalized spacial score (nSPS) is 11.4. The van der Waals surface area contributed by atoms with Crippen molar-refractivity contribution in [3.8, 4) is 0 Å². The molecule has 0 saturated carbocycles. The fourth-order valence-electron chi connectivity index (χ4n) is 2.71. The lowest BCUT2D eigenvalue weighted by molar-refractivity contribution is -0.121. The highest BCUT2D eigenvalue weighted by Crippen LogP contribution is 2.22. The van der Waals surface area contributed by atoms with Gasteiger partial charge in [-0.3, -0.25) is 4.79 Å². The second-order valence-electron chi connectivity index (χ2n) is 6.59. The number of imidazole rings is 1. The number of carbonyl (C=O) groups is 1. The maximum atomic E-state index is 11.9. The Morgan fingerprint density at radius 3 is 2.65 bits per heavy atom. The molecule has 5 heteroatoms.